The predicted octanol–water partition coefficient (Wildman–Crippen LogP) is 3.91. The van der Waals surface area contributed by atoms with Gasteiger partial charge in [0.2, 0.25) is 5.91 Å². The van der Waals surface area contributed by atoms with E-state index in [0.717, 1.165) is 14.9 Å². The van der Waals surface area contributed by atoms with E-state index in [2.05, 4.69) is 5.10 Å². The summed E-state index contributed by atoms with van der Waals surface area (Å²) in [5, 5.41) is 5.96. The van der Waals surface area contributed by atoms with E-state index in [9.17, 15) is 17.6 Å². The lowest BCUT2D eigenvalue weighted by molar-refractivity contribution is -0.118. The highest BCUT2D eigenvalue weighted by atomic mass is 32.2. The molecule has 7 nitrogen and oxygen atoms in total. The number of hydrogen-bond donors (Lipinski definition) is 1. The summed E-state index contributed by atoms with van der Waals surface area (Å²) in [6.07, 6.45) is 3.51. The van der Waals surface area contributed by atoms with Crippen LogP contribution in [0.25, 0.3) is 32.9 Å². The maximum Gasteiger partial charge on any atom is 0.268 e. The van der Waals surface area contributed by atoms with Crippen molar-refractivity contribution in [1.29, 1.82) is 0 Å². The molecular weight excluding hydrogens is 443 g/mol. The van der Waals surface area contributed by atoms with Crippen molar-refractivity contribution in [1.82, 2.24) is 13.8 Å². The fraction of sp³-hybridized carbons (Fsp3) is 0.0833. The summed E-state index contributed by atoms with van der Waals surface area (Å²) in [7, 11) is -3.94. The first kappa shape index (κ1) is 20.9. The summed E-state index contributed by atoms with van der Waals surface area (Å²) in [5.74, 6) is -0.935. The molecule has 5 aromatic rings. The van der Waals surface area contributed by atoms with Crippen molar-refractivity contribution in [3.05, 3.63) is 84.9 Å². The average Bonchev–Trinajstić information content (AvgIpc) is 3.39. The van der Waals surface area contributed by atoms with Gasteiger partial charge >= 0.3 is 0 Å². The van der Waals surface area contributed by atoms with E-state index in [1.54, 1.807) is 28.9 Å². The molecule has 0 spiro atoms. The first-order valence-corrected chi connectivity index (χ1v) is 11.6. The summed E-state index contributed by atoms with van der Waals surface area (Å²) in [5.41, 5.74) is 7.53. The maximum atomic E-state index is 14.1. The van der Waals surface area contributed by atoms with Gasteiger partial charge in [-0.05, 0) is 42.0 Å². The Morgan fingerprint density at radius 3 is 2.55 bits per heavy atom. The number of nitrogens with zero attached hydrogens (tertiary/aromatic N) is 3. The maximum absolute atomic E-state index is 14.1. The Morgan fingerprint density at radius 1 is 1.00 bits per heavy atom. The van der Waals surface area contributed by atoms with Crippen molar-refractivity contribution in [3.63, 3.8) is 0 Å². The monoisotopic (exact) mass is 462 g/mol. The van der Waals surface area contributed by atoms with Crippen LogP contribution < -0.4 is 5.73 Å². The molecule has 0 bridgehead atoms. The molecule has 0 atom stereocenters. The molecule has 2 aromatic heterocycles. The molecule has 0 unspecified atom stereocenters. The van der Waals surface area contributed by atoms with Crippen molar-refractivity contribution >= 4 is 37.7 Å². The van der Waals surface area contributed by atoms with Crippen LogP contribution in [0.15, 0.2) is 84.0 Å². The molecule has 5 rings (SSSR count). The molecule has 9 heteroatoms. The van der Waals surface area contributed by atoms with Crippen LogP contribution in [0, 0.1) is 5.82 Å². The minimum atomic E-state index is -3.94. The number of amides is 1. The van der Waals surface area contributed by atoms with Crippen LogP contribution in [0.4, 0.5) is 4.39 Å². The van der Waals surface area contributed by atoms with E-state index < -0.39 is 21.7 Å². The van der Waals surface area contributed by atoms with Crippen LogP contribution in [0.3, 0.4) is 0 Å². The fourth-order valence-corrected chi connectivity index (χ4v) is 5.26. The summed E-state index contributed by atoms with van der Waals surface area (Å²) < 4.78 is 43.5. The number of benzene rings is 3. The number of nitrogens with two attached hydrogens (primary N) is 1. The Morgan fingerprint density at radius 2 is 1.79 bits per heavy atom. The Labute approximate surface area is 188 Å². The van der Waals surface area contributed by atoms with Gasteiger partial charge in [-0.25, -0.2) is 16.8 Å². The van der Waals surface area contributed by atoms with Gasteiger partial charge in [0.1, 0.15) is 5.82 Å². The van der Waals surface area contributed by atoms with Crippen molar-refractivity contribution in [2.24, 2.45) is 5.73 Å². The third kappa shape index (κ3) is 3.76. The van der Waals surface area contributed by atoms with E-state index in [-0.39, 0.29) is 16.8 Å². The van der Waals surface area contributed by atoms with Gasteiger partial charge in [0, 0.05) is 41.7 Å². The molecule has 2 heterocycles. The Bertz CT molecular complexity index is 1620. The number of fused-ring (bicyclic) bond motifs is 2. The molecule has 0 saturated heterocycles. The Kier molecular flexibility index (Phi) is 4.98. The molecule has 33 heavy (non-hydrogen) atoms. The second-order valence-corrected chi connectivity index (χ2v) is 9.52. The van der Waals surface area contributed by atoms with Gasteiger partial charge < -0.3 is 5.73 Å². The lowest BCUT2D eigenvalue weighted by Crippen LogP contribution is -2.14. The minimum Gasteiger partial charge on any atom is -0.370 e. The first-order chi connectivity index (χ1) is 15.8. The van der Waals surface area contributed by atoms with Gasteiger partial charge in [0.25, 0.3) is 10.0 Å². The summed E-state index contributed by atoms with van der Waals surface area (Å²) in [4.78, 5) is 11.2. The number of carbonyl (C=O) groups is 1. The molecule has 0 fully saturated rings. The van der Waals surface area contributed by atoms with Crippen LogP contribution in [0.2, 0.25) is 0 Å². The molecule has 1 amide bonds. The normalized spacial score (nSPS) is 11.9. The summed E-state index contributed by atoms with van der Waals surface area (Å²) in [6.45, 7) is 0.368. The van der Waals surface area contributed by atoms with Crippen LogP contribution in [0.5, 0.6) is 0 Å². The van der Waals surface area contributed by atoms with Crippen LogP contribution in [-0.2, 0) is 21.4 Å². The van der Waals surface area contributed by atoms with E-state index >= 15 is 0 Å². The highest BCUT2D eigenvalue weighted by Gasteiger charge is 2.22. The Balaban J connectivity index is 1.66. The number of carbonyl (C=O) groups excluding carboxylic acids is 1. The standard InChI is InChI=1S/C24H19FN4O3S/c25-18-8-9-20-21(15-29(23(20)13-18)33(31,32)19-4-2-1-3-5-19)16-6-7-17-14-28(11-10-24(26)30)27-22(17)12-16/h1-9,12-15H,10-11H2,(H2,26,30). The molecule has 166 valence electrons. The zero-order valence-corrected chi connectivity index (χ0v) is 18.2. The largest absolute Gasteiger partial charge is 0.370 e. The van der Waals surface area contributed by atoms with E-state index in [1.165, 1.54) is 30.5 Å². The van der Waals surface area contributed by atoms with Gasteiger partial charge in [-0.3, -0.25) is 9.48 Å². The third-order valence-corrected chi connectivity index (χ3v) is 7.17. The number of primary amides is 1. The zero-order chi connectivity index (χ0) is 23.2. The molecular formula is C24H19FN4O3S. The van der Waals surface area contributed by atoms with Crippen molar-refractivity contribution < 1.29 is 17.6 Å². The SMILES string of the molecule is NC(=O)CCn1cc2ccc(-c3cn(S(=O)(=O)c4ccccc4)c4cc(F)ccc34)cc2n1. The number of aryl methyl sites for hydroxylation is 1. The molecule has 0 aliphatic heterocycles. The average molecular weight is 463 g/mol. The number of aromatic nitrogens is 3. The van der Waals surface area contributed by atoms with Crippen LogP contribution in [0.1, 0.15) is 6.42 Å². The second-order valence-electron chi connectivity index (χ2n) is 7.70. The van der Waals surface area contributed by atoms with E-state index in [4.69, 9.17) is 5.73 Å². The smallest absolute Gasteiger partial charge is 0.268 e. The van der Waals surface area contributed by atoms with Crippen molar-refractivity contribution in [2.45, 2.75) is 17.9 Å². The minimum absolute atomic E-state index is 0.112. The topological polar surface area (TPSA) is 100.0 Å². The van der Waals surface area contributed by atoms with Gasteiger partial charge in [0.15, 0.2) is 0 Å². The lowest BCUT2D eigenvalue weighted by Gasteiger charge is -2.07. The Hall–Kier alpha value is -3.98. The van der Waals surface area contributed by atoms with Crippen molar-refractivity contribution in [3.8, 4) is 11.1 Å². The molecule has 2 N–H and O–H groups in total. The summed E-state index contributed by atoms with van der Waals surface area (Å²) in [6, 6.07) is 17.7. The first-order valence-electron chi connectivity index (χ1n) is 10.2. The van der Waals surface area contributed by atoms with Crippen molar-refractivity contribution in [2.75, 3.05) is 0 Å². The number of halogens is 1. The number of hydrogen-bond acceptors (Lipinski definition) is 4. The molecule has 0 radical (unpaired) electrons. The molecule has 3 aromatic carbocycles. The van der Waals surface area contributed by atoms with E-state index in [1.807, 2.05) is 24.4 Å². The van der Waals surface area contributed by atoms with Crippen LogP contribution in [-0.4, -0.2) is 28.1 Å². The number of rotatable bonds is 6. The fourth-order valence-electron chi connectivity index (χ4n) is 3.88. The highest BCUT2D eigenvalue weighted by Crippen LogP contribution is 2.34. The van der Waals surface area contributed by atoms with Crippen LogP contribution >= 0.6 is 0 Å². The quantitative estimate of drug-likeness (QED) is 0.413. The molecule has 0 aliphatic rings. The third-order valence-electron chi connectivity index (χ3n) is 5.49. The lowest BCUT2D eigenvalue weighted by atomic mass is 10.0. The molecule has 0 saturated carbocycles. The van der Waals surface area contributed by atoms with Gasteiger partial charge in [-0.2, -0.15) is 5.10 Å². The highest BCUT2D eigenvalue weighted by molar-refractivity contribution is 7.90. The predicted molar refractivity (Wildman–Crippen MR) is 123 cm³/mol. The van der Waals surface area contributed by atoms with Gasteiger partial charge in [-0.1, -0.05) is 30.3 Å². The zero-order valence-electron chi connectivity index (χ0n) is 17.3. The summed E-state index contributed by atoms with van der Waals surface area (Å²) >= 11 is 0. The molecule has 0 aliphatic carbocycles. The van der Waals surface area contributed by atoms with Gasteiger partial charge in [0.05, 0.1) is 15.9 Å². The second kappa shape index (κ2) is 7.86. The van der Waals surface area contributed by atoms with Gasteiger partial charge in [-0.15, -0.1) is 0 Å². The van der Waals surface area contributed by atoms with E-state index in [0.29, 0.717) is 23.0 Å².